The zero-order valence-electron chi connectivity index (χ0n) is 12.4. The van der Waals surface area contributed by atoms with Crippen LogP contribution in [0, 0.1) is 5.82 Å². The first-order valence-corrected chi connectivity index (χ1v) is 7.39. The van der Waals surface area contributed by atoms with Gasteiger partial charge in [0.15, 0.2) is 0 Å². The van der Waals surface area contributed by atoms with Gasteiger partial charge in [0.1, 0.15) is 11.9 Å². The molecule has 1 atom stereocenters. The lowest BCUT2D eigenvalue weighted by Gasteiger charge is -2.24. The van der Waals surface area contributed by atoms with Crippen LogP contribution < -0.4 is 10.2 Å². The van der Waals surface area contributed by atoms with E-state index >= 15 is 0 Å². The normalized spacial score (nSPS) is 17.3. The van der Waals surface area contributed by atoms with Gasteiger partial charge in [-0.25, -0.2) is 4.39 Å². The van der Waals surface area contributed by atoms with Crippen LogP contribution in [0.15, 0.2) is 48.8 Å². The number of anilines is 1. The highest BCUT2D eigenvalue weighted by atomic mass is 19.1. The van der Waals surface area contributed by atoms with Crippen LogP contribution in [0.4, 0.5) is 10.1 Å². The molecule has 2 heterocycles. The number of aromatic nitrogens is 1. The molecule has 23 heavy (non-hydrogen) atoms. The highest BCUT2D eigenvalue weighted by Crippen LogP contribution is 2.27. The molecule has 1 aliphatic rings. The summed E-state index contributed by atoms with van der Waals surface area (Å²) >= 11 is 0. The van der Waals surface area contributed by atoms with Gasteiger partial charge >= 0.3 is 0 Å². The van der Waals surface area contributed by atoms with Gasteiger partial charge < -0.3 is 5.32 Å². The Morgan fingerprint density at radius 3 is 2.78 bits per heavy atom. The van der Waals surface area contributed by atoms with Gasteiger partial charge in [0.2, 0.25) is 11.8 Å². The van der Waals surface area contributed by atoms with Crippen molar-refractivity contribution in [1.82, 2.24) is 10.3 Å². The van der Waals surface area contributed by atoms with E-state index in [2.05, 4.69) is 10.3 Å². The Kier molecular flexibility index (Phi) is 4.32. The molecule has 1 fully saturated rings. The summed E-state index contributed by atoms with van der Waals surface area (Å²) in [5, 5.41) is 2.83. The quantitative estimate of drug-likeness (QED) is 0.939. The molecule has 1 aliphatic heterocycles. The maximum atomic E-state index is 13.0. The van der Waals surface area contributed by atoms with Crippen LogP contribution in [0.1, 0.15) is 18.4 Å². The van der Waals surface area contributed by atoms with E-state index in [-0.39, 0.29) is 17.6 Å². The average Bonchev–Trinajstić information content (AvgIpc) is 2.96. The molecule has 118 valence electrons. The third-order valence-electron chi connectivity index (χ3n) is 3.81. The van der Waals surface area contributed by atoms with E-state index in [0.717, 1.165) is 5.56 Å². The number of benzene rings is 1. The second-order valence-electron chi connectivity index (χ2n) is 5.37. The number of hydrogen-bond donors (Lipinski definition) is 1. The Hall–Kier alpha value is -2.76. The number of nitrogens with one attached hydrogen (secondary N) is 1. The van der Waals surface area contributed by atoms with E-state index < -0.39 is 6.04 Å². The first-order chi connectivity index (χ1) is 11.1. The van der Waals surface area contributed by atoms with E-state index in [4.69, 9.17) is 0 Å². The second-order valence-corrected chi connectivity index (χ2v) is 5.37. The summed E-state index contributed by atoms with van der Waals surface area (Å²) in [5.41, 5.74) is 1.42. The van der Waals surface area contributed by atoms with Crippen LogP contribution in [0.25, 0.3) is 0 Å². The van der Waals surface area contributed by atoms with Crippen molar-refractivity contribution >= 4 is 17.5 Å². The maximum absolute atomic E-state index is 13.0. The summed E-state index contributed by atoms with van der Waals surface area (Å²) in [7, 11) is 0. The van der Waals surface area contributed by atoms with E-state index in [0.29, 0.717) is 25.1 Å². The summed E-state index contributed by atoms with van der Waals surface area (Å²) in [6, 6.07) is 8.69. The molecule has 1 unspecified atom stereocenters. The lowest BCUT2D eigenvalue weighted by Crippen LogP contribution is -2.44. The molecule has 5 nitrogen and oxygen atoms in total. The maximum Gasteiger partial charge on any atom is 0.243 e. The zero-order chi connectivity index (χ0) is 16.2. The van der Waals surface area contributed by atoms with Crippen molar-refractivity contribution in [2.45, 2.75) is 25.4 Å². The first kappa shape index (κ1) is 15.1. The molecule has 0 radical (unpaired) electrons. The number of pyridine rings is 1. The van der Waals surface area contributed by atoms with Gasteiger partial charge in [-0.05, 0) is 42.3 Å². The number of halogens is 1. The first-order valence-electron chi connectivity index (χ1n) is 7.39. The zero-order valence-corrected chi connectivity index (χ0v) is 12.4. The Morgan fingerprint density at radius 1 is 1.30 bits per heavy atom. The van der Waals surface area contributed by atoms with Crippen LogP contribution in [-0.2, 0) is 16.1 Å². The Labute approximate surface area is 133 Å². The van der Waals surface area contributed by atoms with E-state index in [1.807, 2.05) is 6.07 Å². The number of rotatable bonds is 4. The molecule has 2 aromatic rings. The van der Waals surface area contributed by atoms with Gasteiger partial charge in [-0.1, -0.05) is 6.07 Å². The fourth-order valence-electron chi connectivity index (χ4n) is 2.67. The lowest BCUT2D eigenvalue weighted by molar-refractivity contribution is -0.124. The van der Waals surface area contributed by atoms with Crippen molar-refractivity contribution in [2.24, 2.45) is 0 Å². The highest BCUT2D eigenvalue weighted by Gasteiger charge is 2.36. The van der Waals surface area contributed by atoms with Gasteiger partial charge in [-0.15, -0.1) is 0 Å². The van der Waals surface area contributed by atoms with Crippen LogP contribution in [0.3, 0.4) is 0 Å². The fourth-order valence-corrected chi connectivity index (χ4v) is 2.67. The predicted octanol–water partition coefficient (Wildman–Crippen LogP) is 2.03. The van der Waals surface area contributed by atoms with Gasteiger partial charge in [-0.2, -0.15) is 0 Å². The number of carbonyl (C=O) groups is 2. The highest BCUT2D eigenvalue weighted by molar-refractivity contribution is 6.03. The molecule has 1 aromatic heterocycles. The minimum atomic E-state index is -0.565. The second kappa shape index (κ2) is 6.56. The summed E-state index contributed by atoms with van der Waals surface area (Å²) in [6.45, 7) is 0.356. The Morgan fingerprint density at radius 2 is 2.09 bits per heavy atom. The number of nitrogens with zero attached hydrogens (tertiary/aromatic N) is 2. The Balaban J connectivity index is 1.71. The molecule has 0 bridgehead atoms. The number of amides is 2. The van der Waals surface area contributed by atoms with Crippen LogP contribution in [0.5, 0.6) is 0 Å². The van der Waals surface area contributed by atoms with Gasteiger partial charge in [0.25, 0.3) is 0 Å². The van der Waals surface area contributed by atoms with Crippen LogP contribution in [-0.4, -0.2) is 22.8 Å². The third-order valence-corrected chi connectivity index (χ3v) is 3.81. The lowest BCUT2D eigenvalue weighted by atomic mass is 10.2. The molecule has 2 amide bonds. The molecule has 1 saturated heterocycles. The van der Waals surface area contributed by atoms with Crippen LogP contribution in [0.2, 0.25) is 0 Å². The van der Waals surface area contributed by atoms with Crippen molar-refractivity contribution in [1.29, 1.82) is 0 Å². The average molecular weight is 313 g/mol. The molecule has 3 rings (SSSR count). The molecule has 1 aromatic carbocycles. The minimum absolute atomic E-state index is 0.127. The van der Waals surface area contributed by atoms with Crippen molar-refractivity contribution in [2.75, 3.05) is 4.90 Å². The molecule has 6 heteroatoms. The monoisotopic (exact) mass is 313 g/mol. The molecule has 0 spiro atoms. The van der Waals surface area contributed by atoms with Crippen LogP contribution >= 0.6 is 0 Å². The van der Waals surface area contributed by atoms with E-state index in [1.165, 1.54) is 29.2 Å². The van der Waals surface area contributed by atoms with Crippen molar-refractivity contribution in [3.05, 3.63) is 60.2 Å². The predicted molar refractivity (Wildman–Crippen MR) is 83.0 cm³/mol. The molecular weight excluding hydrogens is 297 g/mol. The van der Waals surface area contributed by atoms with Crippen molar-refractivity contribution in [3.8, 4) is 0 Å². The van der Waals surface area contributed by atoms with Gasteiger partial charge in [0.05, 0.1) is 0 Å². The smallest absolute Gasteiger partial charge is 0.243 e. The van der Waals surface area contributed by atoms with Gasteiger partial charge in [0, 0.05) is 31.0 Å². The van der Waals surface area contributed by atoms with Gasteiger partial charge in [-0.3, -0.25) is 19.5 Å². The largest absolute Gasteiger partial charge is 0.350 e. The summed E-state index contributed by atoms with van der Waals surface area (Å²) in [6.07, 6.45) is 4.10. The number of hydrogen-bond acceptors (Lipinski definition) is 3. The topological polar surface area (TPSA) is 62.3 Å². The standard InChI is InChI=1S/C17H16FN3O2/c18-13-3-5-14(6-4-13)21-15(7-8-16(21)22)17(23)20-11-12-2-1-9-19-10-12/h1-6,9-10,15H,7-8,11H2,(H,20,23). The molecule has 0 aliphatic carbocycles. The molecular formula is C17H16FN3O2. The van der Waals surface area contributed by atoms with E-state index in [9.17, 15) is 14.0 Å². The summed E-state index contributed by atoms with van der Waals surface area (Å²) in [5.74, 6) is -0.722. The molecule has 0 saturated carbocycles. The van der Waals surface area contributed by atoms with E-state index in [1.54, 1.807) is 18.5 Å². The Bertz CT molecular complexity index is 704. The third kappa shape index (κ3) is 3.36. The van der Waals surface area contributed by atoms with Crippen molar-refractivity contribution in [3.63, 3.8) is 0 Å². The molecule has 1 N–H and O–H groups in total. The number of carbonyl (C=O) groups excluding carboxylic acids is 2. The summed E-state index contributed by atoms with van der Waals surface area (Å²) in [4.78, 5) is 29.9. The summed E-state index contributed by atoms with van der Waals surface area (Å²) < 4.78 is 13.0. The minimum Gasteiger partial charge on any atom is -0.350 e. The fraction of sp³-hybridized carbons (Fsp3) is 0.235. The van der Waals surface area contributed by atoms with Crippen molar-refractivity contribution < 1.29 is 14.0 Å². The SMILES string of the molecule is O=C(NCc1cccnc1)C1CCC(=O)N1c1ccc(F)cc1.